The summed E-state index contributed by atoms with van der Waals surface area (Å²) in [5.74, 6) is -0.686. The molecule has 26 heavy (non-hydrogen) atoms. The third-order valence-corrected chi connectivity index (χ3v) is 4.12. The fraction of sp³-hybridized carbons (Fsp3) is 0.294. The summed E-state index contributed by atoms with van der Waals surface area (Å²) in [5, 5.41) is 3.09. The molecule has 1 aliphatic heterocycles. The van der Waals surface area contributed by atoms with Crippen LogP contribution >= 0.6 is 24.0 Å². The second-order valence-corrected chi connectivity index (χ2v) is 6.06. The summed E-state index contributed by atoms with van der Waals surface area (Å²) in [6.45, 7) is 1.32. The highest BCUT2D eigenvalue weighted by Crippen LogP contribution is 2.34. The van der Waals surface area contributed by atoms with Crippen LogP contribution in [0.5, 0.6) is 11.5 Å². The van der Waals surface area contributed by atoms with Crippen LogP contribution < -0.4 is 14.8 Å². The van der Waals surface area contributed by atoms with Crippen LogP contribution in [0.15, 0.2) is 42.5 Å². The van der Waals surface area contributed by atoms with Gasteiger partial charge in [-0.1, -0.05) is 23.7 Å². The van der Waals surface area contributed by atoms with E-state index in [0.29, 0.717) is 18.7 Å². The van der Waals surface area contributed by atoms with E-state index >= 15 is 0 Å². The van der Waals surface area contributed by atoms with Gasteiger partial charge in [-0.25, -0.2) is 4.39 Å². The smallest absolute Gasteiger partial charge is 0.485 e. The average Bonchev–Trinajstić information content (AvgIpc) is 2.46. The standard InChI is InChI=1S/C17H14ClF4NO2.ClH/c18-14-5-4-10(6-15(14)19)16(11-8-23-9-11)24-12-2-1-3-13(7-12)25-17(20,21)22;/h1-7,11,16,23H,8-9H2;1H/t16-;/m1./s1. The zero-order chi connectivity index (χ0) is 18.0. The maximum absolute atomic E-state index is 13.8. The minimum atomic E-state index is -4.78. The summed E-state index contributed by atoms with van der Waals surface area (Å²) >= 11 is 5.70. The first kappa shape index (κ1) is 20.6. The van der Waals surface area contributed by atoms with Gasteiger partial charge in [-0.2, -0.15) is 0 Å². The maximum Gasteiger partial charge on any atom is 0.573 e. The molecule has 0 bridgehead atoms. The molecule has 1 saturated heterocycles. The highest BCUT2D eigenvalue weighted by atomic mass is 35.5. The van der Waals surface area contributed by atoms with E-state index in [4.69, 9.17) is 16.3 Å². The summed E-state index contributed by atoms with van der Waals surface area (Å²) in [6, 6.07) is 9.61. The summed E-state index contributed by atoms with van der Waals surface area (Å²) in [4.78, 5) is 0. The summed E-state index contributed by atoms with van der Waals surface area (Å²) in [6.07, 6.45) is -5.30. The molecule has 1 fully saturated rings. The van der Waals surface area contributed by atoms with E-state index < -0.39 is 18.3 Å². The second-order valence-electron chi connectivity index (χ2n) is 5.65. The Labute approximate surface area is 158 Å². The molecule has 1 atom stereocenters. The Morgan fingerprint density at radius 3 is 2.35 bits per heavy atom. The maximum atomic E-state index is 13.8. The number of ether oxygens (including phenoxy) is 2. The first-order valence-electron chi connectivity index (χ1n) is 7.50. The second kappa shape index (κ2) is 8.33. The van der Waals surface area contributed by atoms with Crippen LogP contribution in [0, 0.1) is 11.7 Å². The molecule has 1 aliphatic rings. The lowest BCUT2D eigenvalue weighted by molar-refractivity contribution is -0.274. The predicted octanol–water partition coefficient (Wildman–Crippen LogP) is 5.14. The number of halogens is 6. The molecule has 0 radical (unpaired) electrons. The van der Waals surface area contributed by atoms with Gasteiger partial charge in [0.15, 0.2) is 0 Å². The van der Waals surface area contributed by atoms with Gasteiger partial charge in [0.25, 0.3) is 0 Å². The van der Waals surface area contributed by atoms with Gasteiger partial charge >= 0.3 is 6.36 Å². The summed E-state index contributed by atoms with van der Waals surface area (Å²) in [7, 11) is 0. The third-order valence-electron chi connectivity index (χ3n) is 3.82. The summed E-state index contributed by atoms with van der Waals surface area (Å²) in [5.41, 5.74) is 0.565. The predicted molar refractivity (Wildman–Crippen MR) is 91.5 cm³/mol. The molecule has 2 aromatic carbocycles. The zero-order valence-corrected chi connectivity index (χ0v) is 14.8. The molecular formula is C17H15Cl2F4NO2. The molecule has 0 aromatic heterocycles. The molecule has 0 aliphatic carbocycles. The third kappa shape index (κ3) is 5.16. The Hall–Kier alpha value is -1.70. The van der Waals surface area contributed by atoms with E-state index in [2.05, 4.69) is 10.1 Å². The van der Waals surface area contributed by atoms with Crippen LogP contribution in [-0.2, 0) is 0 Å². The van der Waals surface area contributed by atoms with Crippen LogP contribution in [0.4, 0.5) is 17.6 Å². The number of alkyl halides is 3. The van der Waals surface area contributed by atoms with E-state index in [0.717, 1.165) is 6.07 Å². The molecule has 1 heterocycles. The quantitative estimate of drug-likeness (QED) is 0.691. The average molecular weight is 412 g/mol. The van der Waals surface area contributed by atoms with E-state index in [-0.39, 0.29) is 34.8 Å². The Bertz CT molecular complexity index is 754. The lowest BCUT2D eigenvalue weighted by Gasteiger charge is -2.35. The van der Waals surface area contributed by atoms with Crippen molar-refractivity contribution in [1.29, 1.82) is 0 Å². The van der Waals surface area contributed by atoms with Gasteiger partial charge < -0.3 is 14.8 Å². The van der Waals surface area contributed by atoms with Crippen LogP contribution in [0.25, 0.3) is 0 Å². The van der Waals surface area contributed by atoms with Crippen molar-refractivity contribution in [2.45, 2.75) is 12.5 Å². The highest BCUT2D eigenvalue weighted by molar-refractivity contribution is 6.30. The van der Waals surface area contributed by atoms with Crippen LogP contribution in [0.2, 0.25) is 5.02 Å². The fourth-order valence-electron chi connectivity index (χ4n) is 2.54. The van der Waals surface area contributed by atoms with Gasteiger partial charge in [-0.3, -0.25) is 0 Å². The van der Waals surface area contributed by atoms with E-state index in [1.165, 1.54) is 30.3 Å². The number of rotatable bonds is 5. The van der Waals surface area contributed by atoms with Gasteiger partial charge in [0, 0.05) is 25.1 Å². The number of benzene rings is 2. The van der Waals surface area contributed by atoms with E-state index in [9.17, 15) is 17.6 Å². The Kier molecular flexibility index (Phi) is 6.60. The topological polar surface area (TPSA) is 30.5 Å². The summed E-state index contributed by atoms with van der Waals surface area (Å²) < 4.78 is 60.6. The van der Waals surface area contributed by atoms with Crippen LogP contribution in [0.3, 0.4) is 0 Å². The van der Waals surface area contributed by atoms with Gasteiger partial charge in [-0.15, -0.1) is 25.6 Å². The molecule has 0 amide bonds. The Morgan fingerprint density at radius 1 is 1.08 bits per heavy atom. The van der Waals surface area contributed by atoms with Crippen LogP contribution in [0.1, 0.15) is 11.7 Å². The molecule has 0 spiro atoms. The molecule has 0 unspecified atom stereocenters. The molecule has 142 valence electrons. The van der Waals surface area contributed by atoms with Gasteiger partial charge in [-0.05, 0) is 29.8 Å². The first-order chi connectivity index (χ1) is 11.8. The van der Waals surface area contributed by atoms with Gasteiger partial charge in [0.05, 0.1) is 5.02 Å². The van der Waals surface area contributed by atoms with Crippen molar-refractivity contribution in [3.05, 3.63) is 58.9 Å². The van der Waals surface area contributed by atoms with Crippen molar-refractivity contribution < 1.29 is 27.0 Å². The minimum Gasteiger partial charge on any atom is -0.485 e. The molecule has 2 aromatic rings. The van der Waals surface area contributed by atoms with Crippen molar-refractivity contribution in [2.24, 2.45) is 5.92 Å². The van der Waals surface area contributed by atoms with E-state index in [1.54, 1.807) is 6.07 Å². The molecule has 1 N–H and O–H groups in total. The monoisotopic (exact) mass is 411 g/mol. The lowest BCUT2D eigenvalue weighted by Crippen LogP contribution is -2.46. The first-order valence-corrected chi connectivity index (χ1v) is 7.88. The molecular weight excluding hydrogens is 397 g/mol. The Morgan fingerprint density at radius 2 is 1.77 bits per heavy atom. The van der Waals surface area contributed by atoms with Crippen molar-refractivity contribution in [2.75, 3.05) is 13.1 Å². The zero-order valence-electron chi connectivity index (χ0n) is 13.2. The van der Waals surface area contributed by atoms with Crippen molar-refractivity contribution in [3.63, 3.8) is 0 Å². The van der Waals surface area contributed by atoms with Crippen molar-refractivity contribution >= 4 is 24.0 Å². The molecule has 3 rings (SSSR count). The van der Waals surface area contributed by atoms with Crippen molar-refractivity contribution in [1.82, 2.24) is 5.32 Å². The number of hydrogen-bond acceptors (Lipinski definition) is 3. The number of nitrogens with one attached hydrogen (secondary N) is 1. The van der Waals surface area contributed by atoms with E-state index in [1.807, 2.05) is 0 Å². The Balaban J connectivity index is 0.00000243. The number of hydrogen-bond donors (Lipinski definition) is 1. The molecule has 9 heteroatoms. The van der Waals surface area contributed by atoms with Crippen molar-refractivity contribution in [3.8, 4) is 11.5 Å². The fourth-order valence-corrected chi connectivity index (χ4v) is 2.66. The molecule has 0 saturated carbocycles. The molecule has 3 nitrogen and oxygen atoms in total. The van der Waals surface area contributed by atoms with Gasteiger partial charge in [0.1, 0.15) is 23.4 Å². The largest absolute Gasteiger partial charge is 0.573 e. The highest BCUT2D eigenvalue weighted by Gasteiger charge is 2.32. The minimum absolute atomic E-state index is 0. The lowest BCUT2D eigenvalue weighted by atomic mass is 9.90. The van der Waals surface area contributed by atoms with Crippen LogP contribution in [-0.4, -0.2) is 19.5 Å². The SMILES string of the molecule is Cl.Fc1cc([C@@H](Oc2cccc(OC(F)(F)F)c2)C2CNC2)ccc1Cl. The van der Waals surface area contributed by atoms with Gasteiger partial charge in [0.2, 0.25) is 0 Å². The normalized spacial score (nSPS) is 15.6.